The van der Waals surface area contributed by atoms with E-state index in [2.05, 4.69) is 10.6 Å². The third kappa shape index (κ3) is 5.92. The zero-order valence-electron chi connectivity index (χ0n) is 9.25. The fourth-order valence-corrected chi connectivity index (χ4v) is 1.69. The number of hydrogen-bond donors (Lipinski definition) is 2. The van der Waals surface area contributed by atoms with Crippen LogP contribution in [0.3, 0.4) is 0 Å². The topological polar surface area (TPSA) is 42.5 Å². The highest BCUT2D eigenvalue weighted by molar-refractivity contribution is 7.80. The van der Waals surface area contributed by atoms with Crippen LogP contribution < -0.4 is 10.6 Å². The van der Waals surface area contributed by atoms with Crippen molar-refractivity contribution >= 4 is 17.3 Å². The first-order valence-corrected chi connectivity index (χ1v) is 5.86. The zero-order chi connectivity index (χ0) is 10.9. The van der Waals surface area contributed by atoms with Gasteiger partial charge in [-0.3, -0.25) is 0 Å². The summed E-state index contributed by atoms with van der Waals surface area (Å²) in [5, 5.41) is 6.90. The number of ether oxygens (including phenoxy) is 2. The first kappa shape index (κ1) is 12.7. The first-order chi connectivity index (χ1) is 7.33. The van der Waals surface area contributed by atoms with Crippen LogP contribution in [0.1, 0.15) is 19.3 Å². The predicted molar refractivity (Wildman–Crippen MR) is 64.1 cm³/mol. The van der Waals surface area contributed by atoms with Crippen LogP contribution in [0, 0.1) is 0 Å². The molecule has 0 aromatic heterocycles. The Morgan fingerprint density at radius 2 is 2.33 bits per heavy atom. The molecule has 0 aromatic carbocycles. The van der Waals surface area contributed by atoms with E-state index in [-0.39, 0.29) is 0 Å². The highest BCUT2D eigenvalue weighted by Gasteiger charge is 2.13. The maximum atomic E-state index is 5.58. The van der Waals surface area contributed by atoms with Crippen molar-refractivity contribution in [1.29, 1.82) is 0 Å². The molecule has 1 rings (SSSR count). The summed E-state index contributed by atoms with van der Waals surface area (Å²) in [6, 6.07) is 0. The monoisotopic (exact) mass is 232 g/mol. The van der Waals surface area contributed by atoms with E-state index in [0.717, 1.165) is 26.1 Å². The standard InChI is InChI=1S/C10H20N2O2S/c1-13-7-5-11-10(15)12-8-9-4-2-3-6-14-9/h9H,2-8H2,1H3,(H2,11,12,15). The van der Waals surface area contributed by atoms with Gasteiger partial charge in [0.1, 0.15) is 0 Å². The number of rotatable bonds is 5. The fraction of sp³-hybridized carbons (Fsp3) is 0.900. The maximum absolute atomic E-state index is 5.58. The second-order valence-corrected chi connectivity index (χ2v) is 4.03. The van der Waals surface area contributed by atoms with Crippen molar-refractivity contribution < 1.29 is 9.47 Å². The predicted octanol–water partition coefficient (Wildman–Crippen LogP) is 0.666. The second-order valence-electron chi connectivity index (χ2n) is 3.62. The second kappa shape index (κ2) is 7.84. The lowest BCUT2D eigenvalue weighted by Crippen LogP contribution is -2.42. The SMILES string of the molecule is COCCNC(=S)NCC1CCCCO1. The Morgan fingerprint density at radius 1 is 1.47 bits per heavy atom. The van der Waals surface area contributed by atoms with Gasteiger partial charge in [-0.25, -0.2) is 0 Å². The van der Waals surface area contributed by atoms with Gasteiger partial charge in [0.25, 0.3) is 0 Å². The van der Waals surface area contributed by atoms with E-state index >= 15 is 0 Å². The number of methoxy groups -OCH3 is 1. The van der Waals surface area contributed by atoms with E-state index in [0.29, 0.717) is 17.8 Å². The molecule has 0 spiro atoms. The molecule has 2 N–H and O–H groups in total. The largest absolute Gasteiger partial charge is 0.383 e. The Morgan fingerprint density at radius 3 is 3.00 bits per heavy atom. The lowest BCUT2D eigenvalue weighted by Gasteiger charge is -2.23. The van der Waals surface area contributed by atoms with Crippen LogP contribution in [0.4, 0.5) is 0 Å². The molecule has 0 aliphatic carbocycles. The van der Waals surface area contributed by atoms with Gasteiger partial charge in [-0.2, -0.15) is 0 Å². The number of thiocarbonyl (C=S) groups is 1. The van der Waals surface area contributed by atoms with Crippen LogP contribution in [0.25, 0.3) is 0 Å². The zero-order valence-corrected chi connectivity index (χ0v) is 10.1. The fourth-order valence-electron chi connectivity index (χ4n) is 1.50. The molecule has 1 saturated heterocycles. The molecule has 0 radical (unpaired) electrons. The van der Waals surface area contributed by atoms with E-state index < -0.39 is 0 Å². The summed E-state index contributed by atoms with van der Waals surface area (Å²) in [6.07, 6.45) is 3.90. The summed E-state index contributed by atoms with van der Waals surface area (Å²) in [6.45, 7) is 3.10. The van der Waals surface area contributed by atoms with Crippen molar-refractivity contribution in [2.45, 2.75) is 25.4 Å². The highest BCUT2D eigenvalue weighted by atomic mass is 32.1. The highest BCUT2D eigenvalue weighted by Crippen LogP contribution is 2.11. The van der Waals surface area contributed by atoms with Crippen molar-refractivity contribution in [3.8, 4) is 0 Å². The van der Waals surface area contributed by atoms with E-state index in [1.807, 2.05) is 0 Å². The average molecular weight is 232 g/mol. The van der Waals surface area contributed by atoms with Gasteiger partial charge in [0.15, 0.2) is 5.11 Å². The first-order valence-electron chi connectivity index (χ1n) is 5.45. The van der Waals surface area contributed by atoms with Gasteiger partial charge in [0.05, 0.1) is 12.7 Å². The van der Waals surface area contributed by atoms with Crippen LogP contribution in [0.2, 0.25) is 0 Å². The molecule has 0 bridgehead atoms. The Kier molecular flexibility index (Phi) is 6.63. The summed E-state index contributed by atoms with van der Waals surface area (Å²) in [7, 11) is 1.67. The van der Waals surface area contributed by atoms with Gasteiger partial charge < -0.3 is 20.1 Å². The number of hydrogen-bond acceptors (Lipinski definition) is 3. The average Bonchev–Trinajstić information content (AvgIpc) is 2.28. The molecular formula is C10H20N2O2S. The van der Waals surface area contributed by atoms with Crippen molar-refractivity contribution in [2.24, 2.45) is 0 Å². The van der Waals surface area contributed by atoms with Crippen LogP contribution in [0.15, 0.2) is 0 Å². The Bertz CT molecular complexity index is 184. The Balaban J connectivity index is 2.00. The lowest BCUT2D eigenvalue weighted by atomic mass is 10.1. The third-order valence-electron chi connectivity index (χ3n) is 2.36. The summed E-state index contributed by atoms with van der Waals surface area (Å²) < 4.78 is 10.5. The van der Waals surface area contributed by atoms with E-state index in [1.54, 1.807) is 7.11 Å². The minimum Gasteiger partial charge on any atom is -0.383 e. The van der Waals surface area contributed by atoms with Crippen LogP contribution >= 0.6 is 12.2 Å². The molecule has 0 aromatic rings. The Hall–Kier alpha value is -0.390. The molecule has 1 aliphatic rings. The van der Waals surface area contributed by atoms with Crippen LogP contribution in [-0.2, 0) is 9.47 Å². The van der Waals surface area contributed by atoms with Gasteiger partial charge >= 0.3 is 0 Å². The van der Waals surface area contributed by atoms with Crippen LogP contribution in [-0.4, -0.2) is 44.6 Å². The van der Waals surface area contributed by atoms with Crippen molar-refractivity contribution in [2.75, 3.05) is 33.4 Å². The van der Waals surface area contributed by atoms with Gasteiger partial charge in [-0.1, -0.05) is 0 Å². The molecular weight excluding hydrogens is 212 g/mol. The van der Waals surface area contributed by atoms with E-state index in [1.165, 1.54) is 12.8 Å². The molecule has 0 amide bonds. The normalized spacial score (nSPS) is 21.0. The minimum absolute atomic E-state index is 0.320. The van der Waals surface area contributed by atoms with Gasteiger partial charge in [0.2, 0.25) is 0 Å². The van der Waals surface area contributed by atoms with Crippen molar-refractivity contribution in [3.05, 3.63) is 0 Å². The van der Waals surface area contributed by atoms with Crippen molar-refractivity contribution in [1.82, 2.24) is 10.6 Å². The Labute approximate surface area is 96.7 Å². The summed E-state index contributed by atoms with van der Waals surface area (Å²) in [4.78, 5) is 0. The summed E-state index contributed by atoms with van der Waals surface area (Å²) in [5.74, 6) is 0. The smallest absolute Gasteiger partial charge is 0.166 e. The molecule has 1 heterocycles. The van der Waals surface area contributed by atoms with Gasteiger partial charge in [-0.15, -0.1) is 0 Å². The lowest BCUT2D eigenvalue weighted by molar-refractivity contribution is 0.0195. The van der Waals surface area contributed by atoms with Crippen molar-refractivity contribution in [3.63, 3.8) is 0 Å². The minimum atomic E-state index is 0.320. The molecule has 1 atom stereocenters. The quantitative estimate of drug-likeness (QED) is 0.538. The molecule has 1 unspecified atom stereocenters. The molecule has 1 fully saturated rings. The molecule has 5 heteroatoms. The number of nitrogens with one attached hydrogen (secondary N) is 2. The van der Waals surface area contributed by atoms with Gasteiger partial charge in [-0.05, 0) is 31.5 Å². The molecule has 4 nitrogen and oxygen atoms in total. The molecule has 15 heavy (non-hydrogen) atoms. The third-order valence-corrected chi connectivity index (χ3v) is 2.64. The summed E-state index contributed by atoms with van der Waals surface area (Å²) in [5.41, 5.74) is 0. The van der Waals surface area contributed by atoms with Gasteiger partial charge in [0, 0.05) is 26.8 Å². The van der Waals surface area contributed by atoms with Crippen LogP contribution in [0.5, 0.6) is 0 Å². The summed E-state index contributed by atoms with van der Waals surface area (Å²) >= 11 is 5.10. The van der Waals surface area contributed by atoms with E-state index in [9.17, 15) is 0 Å². The molecule has 0 saturated carbocycles. The van der Waals surface area contributed by atoms with E-state index in [4.69, 9.17) is 21.7 Å². The maximum Gasteiger partial charge on any atom is 0.166 e. The molecule has 88 valence electrons. The molecule has 1 aliphatic heterocycles.